The summed E-state index contributed by atoms with van der Waals surface area (Å²) in [5.41, 5.74) is 1.04. The molecular formula is C20H16F3N3O2. The largest absolute Gasteiger partial charge is 0.496 e. The number of carbonyl (C=O) groups is 1. The zero-order valence-electron chi connectivity index (χ0n) is 15.1. The van der Waals surface area contributed by atoms with Crippen molar-refractivity contribution in [3.63, 3.8) is 0 Å². The summed E-state index contributed by atoms with van der Waals surface area (Å²) in [5.74, 6) is -2.67. The normalized spacial score (nSPS) is 10.6. The third-order valence-electron chi connectivity index (χ3n) is 4.18. The van der Waals surface area contributed by atoms with Gasteiger partial charge in [0.25, 0.3) is 5.91 Å². The summed E-state index contributed by atoms with van der Waals surface area (Å²) >= 11 is 0. The van der Waals surface area contributed by atoms with E-state index in [1.165, 1.54) is 48.7 Å². The zero-order valence-corrected chi connectivity index (χ0v) is 15.1. The predicted octanol–water partition coefficient (Wildman–Crippen LogP) is 4.06. The van der Waals surface area contributed by atoms with Gasteiger partial charge in [0, 0.05) is 23.4 Å². The predicted molar refractivity (Wildman–Crippen MR) is 96.6 cm³/mol. The molecule has 0 unspecified atom stereocenters. The van der Waals surface area contributed by atoms with E-state index < -0.39 is 23.4 Å². The van der Waals surface area contributed by atoms with Crippen LogP contribution in [-0.4, -0.2) is 23.2 Å². The molecule has 1 aromatic heterocycles. The second kappa shape index (κ2) is 8.08. The minimum Gasteiger partial charge on any atom is -0.496 e. The van der Waals surface area contributed by atoms with Crippen LogP contribution in [0.1, 0.15) is 21.5 Å². The Morgan fingerprint density at radius 3 is 2.50 bits per heavy atom. The highest BCUT2D eigenvalue weighted by Crippen LogP contribution is 2.30. The number of halogens is 3. The van der Waals surface area contributed by atoms with E-state index in [2.05, 4.69) is 10.2 Å². The maximum Gasteiger partial charge on any atom is 0.260 e. The molecule has 2 aromatic carbocycles. The van der Waals surface area contributed by atoms with Gasteiger partial charge in [-0.25, -0.2) is 13.2 Å². The molecule has 0 saturated heterocycles. The number of anilines is 1. The van der Waals surface area contributed by atoms with Gasteiger partial charge in [-0.3, -0.25) is 4.79 Å². The van der Waals surface area contributed by atoms with Crippen LogP contribution in [0.25, 0.3) is 0 Å². The number of rotatable bonds is 5. The van der Waals surface area contributed by atoms with Crippen LogP contribution in [0.2, 0.25) is 0 Å². The number of hydrogen-bond donors (Lipinski definition) is 0. The Morgan fingerprint density at radius 1 is 1.07 bits per heavy atom. The Labute approximate surface area is 159 Å². The summed E-state index contributed by atoms with van der Waals surface area (Å²) in [7, 11) is 1.28. The van der Waals surface area contributed by atoms with Crippen molar-refractivity contribution in [3.8, 4) is 5.75 Å². The highest BCUT2D eigenvalue weighted by atomic mass is 19.1. The molecule has 1 amide bonds. The SMILES string of the molecule is COc1cc(F)cc(F)c1CN(C(=O)c1ccnnc1)c1ccc(F)cc1C. The molecule has 0 atom stereocenters. The highest BCUT2D eigenvalue weighted by Gasteiger charge is 2.24. The van der Waals surface area contributed by atoms with Crippen molar-refractivity contribution < 1.29 is 22.7 Å². The van der Waals surface area contributed by atoms with E-state index in [0.717, 1.165) is 6.07 Å². The van der Waals surface area contributed by atoms with Crippen LogP contribution in [0, 0.1) is 24.4 Å². The van der Waals surface area contributed by atoms with Gasteiger partial charge in [0.15, 0.2) is 0 Å². The summed E-state index contributed by atoms with van der Waals surface area (Å²) in [6, 6.07) is 7.09. The van der Waals surface area contributed by atoms with Crippen molar-refractivity contribution in [1.82, 2.24) is 10.2 Å². The standard InChI is InChI=1S/C20H16F3N3O2/c1-12-7-14(21)3-4-18(12)26(20(27)13-5-6-24-25-10-13)11-16-17(23)8-15(22)9-19(16)28-2/h3-10H,11H2,1-2H3. The molecule has 28 heavy (non-hydrogen) atoms. The Bertz CT molecular complexity index is 1010. The zero-order chi connectivity index (χ0) is 20.3. The fraction of sp³-hybridized carbons (Fsp3) is 0.150. The van der Waals surface area contributed by atoms with Crippen molar-refractivity contribution in [2.24, 2.45) is 0 Å². The Hall–Kier alpha value is -3.42. The number of benzene rings is 2. The molecule has 0 spiro atoms. The maximum absolute atomic E-state index is 14.5. The molecule has 0 N–H and O–H groups in total. The molecule has 144 valence electrons. The van der Waals surface area contributed by atoms with E-state index in [1.807, 2.05) is 0 Å². The molecule has 3 rings (SSSR count). The first-order valence-electron chi connectivity index (χ1n) is 8.27. The fourth-order valence-electron chi connectivity index (χ4n) is 2.83. The number of nitrogens with zero attached hydrogens (tertiary/aromatic N) is 3. The van der Waals surface area contributed by atoms with Crippen molar-refractivity contribution >= 4 is 11.6 Å². The highest BCUT2D eigenvalue weighted by molar-refractivity contribution is 6.06. The average Bonchev–Trinajstić information content (AvgIpc) is 2.68. The van der Waals surface area contributed by atoms with E-state index in [-0.39, 0.29) is 23.4 Å². The van der Waals surface area contributed by atoms with E-state index in [4.69, 9.17) is 4.74 Å². The van der Waals surface area contributed by atoms with Gasteiger partial charge in [0.1, 0.15) is 23.2 Å². The Balaban J connectivity index is 2.11. The molecule has 0 aliphatic rings. The number of methoxy groups -OCH3 is 1. The number of hydrogen-bond acceptors (Lipinski definition) is 4. The number of aromatic nitrogens is 2. The van der Waals surface area contributed by atoms with Gasteiger partial charge in [-0.2, -0.15) is 10.2 Å². The summed E-state index contributed by atoms with van der Waals surface area (Å²) in [4.78, 5) is 14.3. The number of ether oxygens (including phenoxy) is 1. The van der Waals surface area contributed by atoms with E-state index in [1.54, 1.807) is 6.92 Å². The number of carbonyl (C=O) groups excluding carboxylic acids is 1. The Kier molecular flexibility index (Phi) is 5.58. The van der Waals surface area contributed by atoms with Crippen LogP contribution in [0.3, 0.4) is 0 Å². The molecule has 1 heterocycles. The summed E-state index contributed by atoms with van der Waals surface area (Å²) in [6.07, 6.45) is 2.62. The summed E-state index contributed by atoms with van der Waals surface area (Å²) < 4.78 is 46.6. The van der Waals surface area contributed by atoms with Crippen LogP contribution in [0.5, 0.6) is 5.75 Å². The molecule has 0 radical (unpaired) electrons. The third-order valence-corrected chi connectivity index (χ3v) is 4.18. The maximum atomic E-state index is 14.5. The first-order chi connectivity index (χ1) is 13.4. The average molecular weight is 387 g/mol. The van der Waals surface area contributed by atoms with Gasteiger partial charge in [0.05, 0.1) is 31.6 Å². The van der Waals surface area contributed by atoms with Crippen LogP contribution in [0.4, 0.5) is 18.9 Å². The van der Waals surface area contributed by atoms with Crippen LogP contribution < -0.4 is 9.64 Å². The molecule has 0 aliphatic carbocycles. The van der Waals surface area contributed by atoms with Crippen LogP contribution >= 0.6 is 0 Å². The topological polar surface area (TPSA) is 55.3 Å². The van der Waals surface area contributed by atoms with Gasteiger partial charge >= 0.3 is 0 Å². The fourth-order valence-corrected chi connectivity index (χ4v) is 2.83. The lowest BCUT2D eigenvalue weighted by atomic mass is 10.1. The van der Waals surface area contributed by atoms with Gasteiger partial charge in [-0.1, -0.05) is 0 Å². The number of aryl methyl sites for hydroxylation is 1. The van der Waals surface area contributed by atoms with E-state index >= 15 is 0 Å². The molecule has 0 aliphatic heterocycles. The molecule has 3 aromatic rings. The van der Waals surface area contributed by atoms with Gasteiger partial charge < -0.3 is 9.64 Å². The van der Waals surface area contributed by atoms with Crippen LogP contribution in [0.15, 0.2) is 48.8 Å². The smallest absolute Gasteiger partial charge is 0.260 e. The minimum absolute atomic E-state index is 0.0111. The van der Waals surface area contributed by atoms with Crippen molar-refractivity contribution in [2.45, 2.75) is 13.5 Å². The lowest BCUT2D eigenvalue weighted by Gasteiger charge is -2.25. The number of amides is 1. The van der Waals surface area contributed by atoms with Crippen molar-refractivity contribution in [2.75, 3.05) is 12.0 Å². The van der Waals surface area contributed by atoms with Crippen molar-refractivity contribution in [3.05, 3.63) is 82.9 Å². The lowest BCUT2D eigenvalue weighted by molar-refractivity contribution is 0.0984. The van der Waals surface area contributed by atoms with E-state index in [9.17, 15) is 18.0 Å². The summed E-state index contributed by atoms with van der Waals surface area (Å²) in [6.45, 7) is 1.37. The van der Waals surface area contributed by atoms with Gasteiger partial charge in [-0.05, 0) is 36.8 Å². The first-order valence-corrected chi connectivity index (χ1v) is 8.27. The van der Waals surface area contributed by atoms with Crippen molar-refractivity contribution in [1.29, 1.82) is 0 Å². The lowest BCUT2D eigenvalue weighted by Crippen LogP contribution is -2.32. The molecule has 5 nitrogen and oxygen atoms in total. The minimum atomic E-state index is -0.859. The van der Waals surface area contributed by atoms with Gasteiger partial charge in [0.2, 0.25) is 0 Å². The Morgan fingerprint density at radius 2 is 1.86 bits per heavy atom. The molecule has 0 saturated carbocycles. The second-order valence-corrected chi connectivity index (χ2v) is 6.02. The molecule has 8 heteroatoms. The molecular weight excluding hydrogens is 371 g/mol. The van der Waals surface area contributed by atoms with Gasteiger partial charge in [-0.15, -0.1) is 0 Å². The summed E-state index contributed by atoms with van der Waals surface area (Å²) in [5, 5.41) is 7.31. The second-order valence-electron chi connectivity index (χ2n) is 6.02. The molecule has 0 bridgehead atoms. The molecule has 0 fully saturated rings. The quantitative estimate of drug-likeness (QED) is 0.663. The monoisotopic (exact) mass is 387 g/mol. The first kappa shape index (κ1) is 19.3. The van der Waals surface area contributed by atoms with E-state index in [0.29, 0.717) is 17.3 Å². The third kappa shape index (κ3) is 3.95. The van der Waals surface area contributed by atoms with Crippen LogP contribution in [-0.2, 0) is 6.54 Å².